The summed E-state index contributed by atoms with van der Waals surface area (Å²) in [6.07, 6.45) is 4.09. The number of amides is 1. The van der Waals surface area contributed by atoms with Crippen LogP contribution in [-0.4, -0.2) is 70.2 Å². The molecule has 0 unspecified atom stereocenters. The highest BCUT2D eigenvalue weighted by atomic mass is 16.2. The molecular weight excluding hydrogens is 378 g/mol. The number of anilines is 1. The van der Waals surface area contributed by atoms with Crippen molar-refractivity contribution in [3.8, 4) is 0 Å². The molecule has 0 aliphatic carbocycles. The molecule has 7 nitrogen and oxygen atoms in total. The van der Waals surface area contributed by atoms with Gasteiger partial charge in [-0.1, -0.05) is 12.1 Å². The van der Waals surface area contributed by atoms with Crippen LogP contribution in [0, 0.1) is 6.92 Å². The van der Waals surface area contributed by atoms with Gasteiger partial charge in [0.1, 0.15) is 5.69 Å². The van der Waals surface area contributed by atoms with E-state index in [-0.39, 0.29) is 11.8 Å². The molecule has 2 aromatic rings. The first-order valence-corrected chi connectivity index (χ1v) is 10.9. The van der Waals surface area contributed by atoms with Crippen molar-refractivity contribution in [2.24, 2.45) is 0 Å². The zero-order valence-corrected chi connectivity index (χ0v) is 18.2. The Labute approximate surface area is 178 Å². The Kier molecular flexibility index (Phi) is 5.90. The van der Waals surface area contributed by atoms with Gasteiger partial charge < -0.3 is 9.80 Å². The minimum atomic E-state index is -0.163. The average Bonchev–Trinajstić information content (AvgIpc) is 3.39. The number of aromatic nitrogens is 2. The van der Waals surface area contributed by atoms with Crippen molar-refractivity contribution in [3.05, 3.63) is 47.3 Å². The molecule has 1 atom stereocenters. The molecule has 4 rings (SSSR count). The third-order valence-corrected chi connectivity index (χ3v) is 6.29. The molecule has 0 spiro atoms. The maximum Gasteiger partial charge on any atom is 0.344 e. The van der Waals surface area contributed by atoms with Crippen molar-refractivity contribution in [3.63, 3.8) is 0 Å². The second-order valence-corrected chi connectivity index (χ2v) is 8.56. The van der Waals surface area contributed by atoms with Gasteiger partial charge in [-0.3, -0.25) is 9.69 Å². The van der Waals surface area contributed by atoms with Crippen LogP contribution in [0.5, 0.6) is 0 Å². The highest BCUT2D eigenvalue weighted by Gasteiger charge is 2.26. The Balaban J connectivity index is 1.39. The van der Waals surface area contributed by atoms with E-state index in [4.69, 9.17) is 0 Å². The van der Waals surface area contributed by atoms with Crippen molar-refractivity contribution in [1.82, 2.24) is 19.6 Å². The fraction of sp³-hybridized carbons (Fsp3) is 0.522. The number of nitrogens with zero attached hydrogens (tertiary/aromatic N) is 5. The van der Waals surface area contributed by atoms with Crippen LogP contribution >= 0.6 is 0 Å². The lowest BCUT2D eigenvalue weighted by molar-refractivity contribution is 0.101. The number of hydrogen-bond acceptors (Lipinski definition) is 5. The van der Waals surface area contributed by atoms with Crippen LogP contribution in [0.25, 0.3) is 0 Å². The van der Waals surface area contributed by atoms with Crippen LogP contribution in [0.3, 0.4) is 0 Å². The van der Waals surface area contributed by atoms with Crippen LogP contribution in [0.1, 0.15) is 48.3 Å². The maximum atomic E-state index is 12.7. The fourth-order valence-corrected chi connectivity index (χ4v) is 4.47. The predicted molar refractivity (Wildman–Crippen MR) is 117 cm³/mol. The minimum absolute atomic E-state index is 0.132. The van der Waals surface area contributed by atoms with E-state index in [1.807, 2.05) is 4.90 Å². The van der Waals surface area contributed by atoms with Crippen molar-refractivity contribution in [1.29, 1.82) is 0 Å². The Morgan fingerprint density at radius 2 is 1.87 bits per heavy atom. The molecule has 2 aliphatic heterocycles. The van der Waals surface area contributed by atoms with Gasteiger partial charge in [0.05, 0.1) is 0 Å². The van der Waals surface area contributed by atoms with Crippen LogP contribution in [0.4, 0.5) is 10.5 Å². The SMILES string of the molecule is CC(=O)c1ccn(C(=O)N2CCN(Cc3ccc(C)cc3N3CCC[C@@H]3C)CC2)n1. The van der Waals surface area contributed by atoms with Gasteiger partial charge in [0, 0.05) is 64.1 Å². The number of benzene rings is 1. The molecule has 1 aromatic carbocycles. The Morgan fingerprint density at radius 1 is 1.10 bits per heavy atom. The van der Waals surface area contributed by atoms with E-state index in [9.17, 15) is 9.59 Å². The average molecular weight is 410 g/mol. The summed E-state index contributed by atoms with van der Waals surface area (Å²) in [4.78, 5) is 30.9. The lowest BCUT2D eigenvalue weighted by atomic mass is 10.1. The summed E-state index contributed by atoms with van der Waals surface area (Å²) in [5, 5.41) is 4.10. The highest BCUT2D eigenvalue weighted by Crippen LogP contribution is 2.30. The Hall–Kier alpha value is -2.67. The van der Waals surface area contributed by atoms with E-state index in [0.717, 1.165) is 26.2 Å². The van der Waals surface area contributed by atoms with Gasteiger partial charge in [-0.25, -0.2) is 4.79 Å². The number of aryl methyl sites for hydroxylation is 1. The monoisotopic (exact) mass is 409 g/mol. The fourth-order valence-electron chi connectivity index (χ4n) is 4.47. The van der Waals surface area contributed by atoms with E-state index in [0.29, 0.717) is 24.8 Å². The van der Waals surface area contributed by atoms with Crippen LogP contribution < -0.4 is 4.90 Å². The summed E-state index contributed by atoms with van der Waals surface area (Å²) < 4.78 is 1.28. The van der Waals surface area contributed by atoms with Crippen LogP contribution in [0.2, 0.25) is 0 Å². The summed E-state index contributed by atoms with van der Waals surface area (Å²) >= 11 is 0. The second kappa shape index (κ2) is 8.60. The Bertz CT molecular complexity index is 929. The number of rotatable bonds is 4. The molecule has 30 heavy (non-hydrogen) atoms. The third-order valence-electron chi connectivity index (χ3n) is 6.29. The zero-order chi connectivity index (χ0) is 21.3. The first kappa shape index (κ1) is 20.6. The van der Waals surface area contributed by atoms with Gasteiger partial charge in [0.25, 0.3) is 0 Å². The summed E-state index contributed by atoms with van der Waals surface area (Å²) in [6, 6.07) is 8.80. The van der Waals surface area contributed by atoms with Gasteiger partial charge in [0.2, 0.25) is 0 Å². The molecule has 0 N–H and O–H groups in total. The van der Waals surface area contributed by atoms with E-state index in [1.165, 1.54) is 41.3 Å². The molecule has 0 bridgehead atoms. The number of ketones is 1. The number of carbonyl (C=O) groups excluding carboxylic acids is 2. The third kappa shape index (κ3) is 4.26. The van der Waals surface area contributed by atoms with Crippen molar-refractivity contribution in [2.45, 2.75) is 46.2 Å². The maximum absolute atomic E-state index is 12.7. The largest absolute Gasteiger partial charge is 0.369 e. The number of hydrogen-bond donors (Lipinski definition) is 0. The first-order valence-electron chi connectivity index (χ1n) is 10.9. The van der Waals surface area contributed by atoms with Gasteiger partial charge in [0.15, 0.2) is 5.78 Å². The van der Waals surface area contributed by atoms with Gasteiger partial charge >= 0.3 is 6.03 Å². The van der Waals surface area contributed by atoms with E-state index < -0.39 is 0 Å². The van der Waals surface area contributed by atoms with Crippen molar-refractivity contribution < 1.29 is 9.59 Å². The van der Waals surface area contributed by atoms with Gasteiger partial charge in [-0.2, -0.15) is 9.78 Å². The molecule has 0 radical (unpaired) electrons. The van der Waals surface area contributed by atoms with Gasteiger partial charge in [-0.15, -0.1) is 0 Å². The first-order chi connectivity index (χ1) is 14.4. The van der Waals surface area contributed by atoms with E-state index in [2.05, 4.69) is 46.9 Å². The molecule has 2 fully saturated rings. The van der Waals surface area contributed by atoms with Crippen LogP contribution in [-0.2, 0) is 6.54 Å². The summed E-state index contributed by atoms with van der Waals surface area (Å²) in [5.74, 6) is -0.132. The quantitative estimate of drug-likeness (QED) is 0.726. The summed E-state index contributed by atoms with van der Waals surface area (Å²) in [6.45, 7) is 10.9. The molecule has 160 valence electrons. The molecule has 3 heterocycles. The number of carbonyl (C=O) groups is 2. The molecule has 1 aromatic heterocycles. The minimum Gasteiger partial charge on any atom is -0.369 e. The zero-order valence-electron chi connectivity index (χ0n) is 18.2. The van der Waals surface area contributed by atoms with Crippen molar-refractivity contribution >= 4 is 17.5 Å². The topological polar surface area (TPSA) is 61.7 Å². The van der Waals surface area contributed by atoms with E-state index >= 15 is 0 Å². The normalized spacial score (nSPS) is 20.0. The predicted octanol–water partition coefficient (Wildman–Crippen LogP) is 3.17. The molecule has 2 saturated heterocycles. The molecular formula is C23H31N5O2. The van der Waals surface area contributed by atoms with E-state index in [1.54, 1.807) is 12.3 Å². The molecule has 1 amide bonds. The standard InChI is InChI=1S/C23H31N5O2/c1-17-6-7-20(22(15-17)27-9-4-5-18(27)2)16-25-11-13-26(14-12-25)23(30)28-10-8-21(24-28)19(3)29/h6-8,10,15,18H,4-5,9,11-14,16H2,1-3H3/t18-/m0/s1. The Morgan fingerprint density at radius 3 is 2.50 bits per heavy atom. The second-order valence-electron chi connectivity index (χ2n) is 8.56. The number of Topliss-reactive ketones (excluding diaryl/α,β-unsaturated/α-hetero) is 1. The lowest BCUT2D eigenvalue weighted by Crippen LogP contribution is -2.49. The number of piperazine rings is 1. The summed E-state index contributed by atoms with van der Waals surface area (Å²) in [7, 11) is 0. The molecule has 0 saturated carbocycles. The molecule has 2 aliphatic rings. The van der Waals surface area contributed by atoms with Crippen molar-refractivity contribution in [2.75, 3.05) is 37.6 Å². The lowest BCUT2D eigenvalue weighted by Gasteiger charge is -2.35. The highest BCUT2D eigenvalue weighted by molar-refractivity contribution is 5.92. The molecule has 7 heteroatoms. The smallest absolute Gasteiger partial charge is 0.344 e. The van der Waals surface area contributed by atoms with Gasteiger partial charge in [-0.05, 0) is 49.9 Å². The van der Waals surface area contributed by atoms with Crippen LogP contribution in [0.15, 0.2) is 30.5 Å². The summed E-state index contributed by atoms with van der Waals surface area (Å²) in [5.41, 5.74) is 4.36.